The summed E-state index contributed by atoms with van der Waals surface area (Å²) in [5, 5.41) is 15.8. The van der Waals surface area contributed by atoms with Crippen molar-refractivity contribution in [3.05, 3.63) is 59.5 Å². The minimum Gasteiger partial charge on any atom is -0.476 e. The number of halogens is 1. The minimum atomic E-state index is 0.466. The van der Waals surface area contributed by atoms with E-state index in [0.29, 0.717) is 23.0 Å². The van der Waals surface area contributed by atoms with Gasteiger partial charge < -0.3 is 19.5 Å². The molecule has 1 N–H and O–H groups in total. The average molecular weight is 588 g/mol. The first-order chi connectivity index (χ1) is 20.1. The first-order valence-electron chi connectivity index (χ1n) is 14.3. The van der Waals surface area contributed by atoms with E-state index in [-0.39, 0.29) is 0 Å². The molecule has 6 rings (SSSR count). The molecule has 0 aliphatic carbocycles. The van der Waals surface area contributed by atoms with E-state index in [1.54, 1.807) is 12.4 Å². The maximum atomic E-state index is 10.0. The fourth-order valence-corrected chi connectivity index (χ4v) is 6.63. The van der Waals surface area contributed by atoms with Gasteiger partial charge in [-0.2, -0.15) is 5.26 Å². The Bertz CT molecular complexity index is 1570. The molecule has 4 aromatic rings. The second-order valence-corrected chi connectivity index (χ2v) is 12.1. The molecule has 0 amide bonds. The van der Waals surface area contributed by atoms with Crippen LogP contribution in [0.4, 0.5) is 17.1 Å². The van der Waals surface area contributed by atoms with E-state index in [4.69, 9.17) is 16.3 Å². The lowest BCUT2D eigenvalue weighted by Gasteiger charge is -2.32. The number of aromatic nitrogens is 3. The maximum Gasteiger partial charge on any atom is 0.172 e. The van der Waals surface area contributed by atoms with Gasteiger partial charge in [-0.1, -0.05) is 29.8 Å². The normalized spacial score (nSPS) is 16.1. The zero-order valence-corrected chi connectivity index (χ0v) is 24.8. The van der Waals surface area contributed by atoms with Crippen molar-refractivity contribution < 1.29 is 4.74 Å². The van der Waals surface area contributed by atoms with Gasteiger partial charge in [0.05, 0.1) is 27.5 Å². The van der Waals surface area contributed by atoms with Crippen molar-refractivity contribution in [1.29, 1.82) is 5.26 Å². The smallest absolute Gasteiger partial charge is 0.172 e. The monoisotopic (exact) mass is 587 g/mol. The minimum absolute atomic E-state index is 0.466. The highest BCUT2D eigenvalue weighted by molar-refractivity contribution is 7.99. The SMILES string of the molecule is Cn1ccnc1Sc1ccc(Nc2c(C#N)cnc3cc(N4CCCCC4)c(OCN4CCCCC4)cc23)cc1Cl. The molecule has 10 heteroatoms. The number of nitriles is 1. The first-order valence-corrected chi connectivity index (χ1v) is 15.5. The first kappa shape index (κ1) is 27.7. The highest BCUT2D eigenvalue weighted by atomic mass is 35.5. The molecule has 0 spiro atoms. The van der Waals surface area contributed by atoms with Crippen LogP contribution in [0.2, 0.25) is 5.02 Å². The molecule has 2 fully saturated rings. The third-order valence-electron chi connectivity index (χ3n) is 7.80. The average Bonchev–Trinajstić information content (AvgIpc) is 3.42. The molecular formula is C31H34ClN7OS. The summed E-state index contributed by atoms with van der Waals surface area (Å²) in [6.45, 7) is 4.71. The van der Waals surface area contributed by atoms with Gasteiger partial charge in [-0.25, -0.2) is 4.98 Å². The number of imidazole rings is 1. The maximum absolute atomic E-state index is 10.0. The molecular weight excluding hydrogens is 554 g/mol. The standard InChI is InChI=1S/C31H34ClN7OS/c1-37-15-10-34-31(37)41-29-9-8-23(16-25(29)32)36-30-22(19-33)20-35-26-18-27(39-13-6-3-7-14-39)28(17-24(26)30)40-21-38-11-4-2-5-12-38/h8-10,15-18,20H,2-7,11-14,21H2,1H3,(H,35,36). The van der Waals surface area contributed by atoms with Crippen LogP contribution >= 0.6 is 23.4 Å². The number of nitrogens with one attached hydrogen (secondary N) is 1. The van der Waals surface area contributed by atoms with Crippen LogP contribution in [-0.4, -0.2) is 52.3 Å². The Kier molecular flexibility index (Phi) is 8.51. The molecule has 2 aliphatic rings. The molecule has 2 aromatic heterocycles. The fraction of sp³-hybridized carbons (Fsp3) is 0.387. The zero-order valence-electron chi connectivity index (χ0n) is 23.3. The highest BCUT2D eigenvalue weighted by Crippen LogP contribution is 2.40. The molecule has 0 unspecified atom stereocenters. The van der Waals surface area contributed by atoms with Crippen LogP contribution < -0.4 is 15.0 Å². The number of anilines is 3. The third-order valence-corrected chi connectivity index (χ3v) is 9.37. The van der Waals surface area contributed by atoms with Crippen molar-refractivity contribution in [1.82, 2.24) is 19.4 Å². The molecule has 0 atom stereocenters. The van der Waals surface area contributed by atoms with Gasteiger partial charge in [0.25, 0.3) is 0 Å². The molecule has 0 saturated carbocycles. The third kappa shape index (κ3) is 6.25. The summed E-state index contributed by atoms with van der Waals surface area (Å²) in [5.74, 6) is 0.838. The molecule has 2 aromatic carbocycles. The number of ether oxygens (including phenoxy) is 1. The number of fused-ring (bicyclic) bond motifs is 1. The number of piperidine rings is 2. The van der Waals surface area contributed by atoms with Crippen LogP contribution in [0.1, 0.15) is 44.1 Å². The van der Waals surface area contributed by atoms with Crippen LogP contribution in [-0.2, 0) is 7.05 Å². The lowest BCUT2D eigenvalue weighted by molar-refractivity contribution is 0.107. The van der Waals surface area contributed by atoms with Gasteiger partial charge in [0, 0.05) is 67.8 Å². The van der Waals surface area contributed by atoms with Gasteiger partial charge >= 0.3 is 0 Å². The number of pyridine rings is 1. The fourth-order valence-electron chi connectivity index (χ4n) is 5.53. The Labute approximate surface area is 250 Å². The van der Waals surface area contributed by atoms with Crippen LogP contribution in [0.5, 0.6) is 5.75 Å². The summed E-state index contributed by atoms with van der Waals surface area (Å²) < 4.78 is 8.48. The van der Waals surface area contributed by atoms with Crippen molar-refractivity contribution in [2.75, 3.05) is 43.1 Å². The molecule has 212 valence electrons. The van der Waals surface area contributed by atoms with Crippen LogP contribution in [0, 0.1) is 11.3 Å². The molecule has 0 radical (unpaired) electrons. The van der Waals surface area contributed by atoms with Crippen molar-refractivity contribution >= 4 is 51.3 Å². The molecule has 4 heterocycles. The Hall–Kier alpha value is -3.45. The summed E-state index contributed by atoms with van der Waals surface area (Å²) in [7, 11) is 1.96. The largest absolute Gasteiger partial charge is 0.476 e. The van der Waals surface area contributed by atoms with Crippen LogP contribution in [0.3, 0.4) is 0 Å². The van der Waals surface area contributed by atoms with E-state index in [1.807, 2.05) is 36.0 Å². The van der Waals surface area contributed by atoms with Crippen LogP contribution in [0.25, 0.3) is 10.9 Å². The van der Waals surface area contributed by atoms with Gasteiger partial charge in [-0.3, -0.25) is 9.88 Å². The van der Waals surface area contributed by atoms with E-state index < -0.39 is 0 Å². The lowest BCUT2D eigenvalue weighted by atomic mass is 10.1. The van der Waals surface area contributed by atoms with Crippen LogP contribution in [0.15, 0.2) is 59.0 Å². The second kappa shape index (κ2) is 12.6. The summed E-state index contributed by atoms with van der Waals surface area (Å²) in [6.07, 6.45) is 12.6. The predicted molar refractivity (Wildman–Crippen MR) is 166 cm³/mol. The summed E-state index contributed by atoms with van der Waals surface area (Å²) in [5.41, 5.74) is 3.86. The molecule has 41 heavy (non-hydrogen) atoms. The number of nitrogens with zero attached hydrogens (tertiary/aromatic N) is 6. The topological polar surface area (TPSA) is 82.2 Å². The number of benzene rings is 2. The Morgan fingerprint density at radius 1 is 1.02 bits per heavy atom. The van der Waals surface area contributed by atoms with Gasteiger partial charge in [-0.15, -0.1) is 0 Å². The molecule has 2 aliphatic heterocycles. The van der Waals surface area contributed by atoms with Gasteiger partial charge in [0.15, 0.2) is 5.16 Å². The number of rotatable bonds is 8. The van der Waals surface area contributed by atoms with E-state index in [0.717, 1.165) is 64.3 Å². The summed E-state index contributed by atoms with van der Waals surface area (Å²) in [4.78, 5) is 14.8. The zero-order chi connectivity index (χ0) is 28.2. The van der Waals surface area contributed by atoms with E-state index in [1.165, 1.54) is 50.3 Å². The summed E-state index contributed by atoms with van der Waals surface area (Å²) in [6, 6.07) is 12.3. The quantitative estimate of drug-likeness (QED) is 0.232. The van der Waals surface area contributed by atoms with Crippen molar-refractivity contribution in [2.45, 2.75) is 48.6 Å². The Morgan fingerprint density at radius 2 is 1.80 bits per heavy atom. The van der Waals surface area contributed by atoms with E-state index in [2.05, 4.69) is 43.3 Å². The molecule has 0 bridgehead atoms. The van der Waals surface area contributed by atoms with E-state index in [9.17, 15) is 5.26 Å². The van der Waals surface area contributed by atoms with Crippen molar-refractivity contribution in [2.24, 2.45) is 7.05 Å². The number of hydrogen-bond acceptors (Lipinski definition) is 8. The van der Waals surface area contributed by atoms with Gasteiger partial charge in [-0.05, 0) is 62.4 Å². The van der Waals surface area contributed by atoms with Gasteiger partial charge in [0.1, 0.15) is 18.5 Å². The number of aryl methyl sites for hydroxylation is 1. The second-order valence-electron chi connectivity index (χ2n) is 10.7. The lowest BCUT2D eigenvalue weighted by Crippen LogP contribution is -2.34. The van der Waals surface area contributed by atoms with E-state index >= 15 is 0 Å². The highest BCUT2D eigenvalue weighted by Gasteiger charge is 2.21. The van der Waals surface area contributed by atoms with Gasteiger partial charge in [0.2, 0.25) is 0 Å². The Morgan fingerprint density at radius 3 is 2.51 bits per heavy atom. The number of hydrogen-bond donors (Lipinski definition) is 1. The Balaban J connectivity index is 1.34. The molecule has 2 saturated heterocycles. The predicted octanol–water partition coefficient (Wildman–Crippen LogP) is 7.20. The number of likely N-dealkylation sites (tertiary alicyclic amines) is 1. The summed E-state index contributed by atoms with van der Waals surface area (Å²) >= 11 is 8.21. The van der Waals surface area contributed by atoms with Crippen molar-refractivity contribution in [3.8, 4) is 11.8 Å². The van der Waals surface area contributed by atoms with Crippen molar-refractivity contribution in [3.63, 3.8) is 0 Å². The molecule has 8 nitrogen and oxygen atoms in total.